The normalized spacial score (nSPS) is 12.8. The highest BCUT2D eigenvalue weighted by Crippen LogP contribution is 2.30. The lowest BCUT2D eigenvalue weighted by atomic mass is 10.0. The summed E-state index contributed by atoms with van der Waals surface area (Å²) in [7, 11) is 0. The predicted molar refractivity (Wildman–Crippen MR) is 84.4 cm³/mol. The Labute approximate surface area is 124 Å². The van der Waals surface area contributed by atoms with Crippen LogP contribution in [0.1, 0.15) is 27.8 Å². The van der Waals surface area contributed by atoms with E-state index in [4.69, 9.17) is 16.0 Å². The Kier molecular flexibility index (Phi) is 3.54. The van der Waals surface area contributed by atoms with Gasteiger partial charge < -0.3 is 4.42 Å². The largest absolute Gasteiger partial charge is 0.459 e. The van der Waals surface area contributed by atoms with Crippen molar-refractivity contribution in [3.63, 3.8) is 0 Å². The highest BCUT2D eigenvalue weighted by Gasteiger charge is 2.14. The number of alkyl halides is 1. The van der Waals surface area contributed by atoms with E-state index in [9.17, 15) is 0 Å². The van der Waals surface area contributed by atoms with Crippen LogP contribution in [0.4, 0.5) is 0 Å². The number of rotatable bonds is 3. The number of hydrogen-bond acceptors (Lipinski definition) is 1. The van der Waals surface area contributed by atoms with Crippen LogP contribution in [0.3, 0.4) is 0 Å². The molecule has 0 fully saturated rings. The minimum atomic E-state index is -0.135. The van der Waals surface area contributed by atoms with Crippen molar-refractivity contribution in [3.05, 3.63) is 71.0 Å². The number of benzene rings is 2. The van der Waals surface area contributed by atoms with Crippen LogP contribution in [0.2, 0.25) is 0 Å². The minimum Gasteiger partial charge on any atom is -0.459 e. The Morgan fingerprint density at radius 2 is 1.80 bits per heavy atom. The smallest absolute Gasteiger partial charge is 0.134 e. The third-order valence-electron chi connectivity index (χ3n) is 3.74. The molecule has 1 unspecified atom stereocenters. The summed E-state index contributed by atoms with van der Waals surface area (Å²) >= 11 is 6.51. The van der Waals surface area contributed by atoms with Gasteiger partial charge in [0.25, 0.3) is 0 Å². The van der Waals surface area contributed by atoms with E-state index in [1.54, 1.807) is 0 Å². The van der Waals surface area contributed by atoms with Crippen molar-refractivity contribution >= 4 is 22.6 Å². The first-order valence-corrected chi connectivity index (χ1v) is 7.26. The summed E-state index contributed by atoms with van der Waals surface area (Å²) in [5, 5.41) is 0.970. The fourth-order valence-electron chi connectivity index (χ4n) is 2.39. The maximum absolute atomic E-state index is 6.51. The van der Waals surface area contributed by atoms with Gasteiger partial charge in [-0.25, -0.2) is 0 Å². The zero-order valence-corrected chi connectivity index (χ0v) is 12.4. The van der Waals surface area contributed by atoms with Crippen LogP contribution in [0.25, 0.3) is 11.0 Å². The van der Waals surface area contributed by atoms with Crippen LogP contribution in [0, 0.1) is 13.8 Å². The molecule has 0 N–H and O–H groups in total. The number of furan rings is 1. The van der Waals surface area contributed by atoms with Gasteiger partial charge in [0.2, 0.25) is 0 Å². The minimum absolute atomic E-state index is 0.135. The molecule has 0 aliphatic rings. The van der Waals surface area contributed by atoms with Crippen molar-refractivity contribution in [1.82, 2.24) is 0 Å². The molecular formula is C18H17ClO. The molecule has 0 saturated carbocycles. The molecule has 20 heavy (non-hydrogen) atoms. The molecule has 0 saturated heterocycles. The van der Waals surface area contributed by atoms with E-state index in [0.717, 1.165) is 23.2 Å². The van der Waals surface area contributed by atoms with E-state index < -0.39 is 0 Å². The van der Waals surface area contributed by atoms with Gasteiger partial charge in [-0.3, -0.25) is 0 Å². The quantitative estimate of drug-likeness (QED) is 0.573. The van der Waals surface area contributed by atoms with Gasteiger partial charge in [-0.15, -0.1) is 11.6 Å². The summed E-state index contributed by atoms with van der Waals surface area (Å²) in [5.41, 5.74) is 4.75. The highest BCUT2D eigenvalue weighted by molar-refractivity contribution is 6.20. The lowest BCUT2D eigenvalue weighted by Gasteiger charge is -2.08. The lowest BCUT2D eigenvalue weighted by Crippen LogP contribution is -1.95. The Hall–Kier alpha value is -1.73. The van der Waals surface area contributed by atoms with Crippen molar-refractivity contribution in [2.45, 2.75) is 25.6 Å². The van der Waals surface area contributed by atoms with Crippen LogP contribution >= 0.6 is 11.6 Å². The van der Waals surface area contributed by atoms with E-state index in [0.29, 0.717) is 0 Å². The first-order chi connectivity index (χ1) is 9.63. The Balaban J connectivity index is 1.84. The number of fused-ring (bicyclic) bond motifs is 1. The predicted octanol–water partition coefficient (Wildman–Crippen LogP) is 5.57. The Morgan fingerprint density at radius 3 is 2.55 bits per heavy atom. The Bertz CT molecular complexity index is 709. The summed E-state index contributed by atoms with van der Waals surface area (Å²) in [6.07, 6.45) is 0.780. The maximum Gasteiger partial charge on any atom is 0.134 e. The van der Waals surface area contributed by atoms with Gasteiger partial charge in [0.1, 0.15) is 11.3 Å². The van der Waals surface area contributed by atoms with Crippen LogP contribution in [-0.4, -0.2) is 0 Å². The first-order valence-electron chi connectivity index (χ1n) is 6.82. The van der Waals surface area contributed by atoms with Crippen molar-refractivity contribution < 1.29 is 4.42 Å². The molecular weight excluding hydrogens is 268 g/mol. The zero-order chi connectivity index (χ0) is 14.1. The second-order valence-corrected chi connectivity index (χ2v) is 5.80. The maximum atomic E-state index is 6.51. The SMILES string of the molecule is Cc1ccc(CC(Cl)c2cc3ccccc3o2)cc1C. The van der Waals surface area contributed by atoms with Crippen LogP contribution in [0.15, 0.2) is 52.9 Å². The van der Waals surface area contributed by atoms with Crippen molar-refractivity contribution in [2.75, 3.05) is 0 Å². The average molecular weight is 285 g/mol. The summed E-state index contributed by atoms with van der Waals surface area (Å²) in [4.78, 5) is 0. The second kappa shape index (κ2) is 5.34. The van der Waals surface area contributed by atoms with E-state index >= 15 is 0 Å². The third-order valence-corrected chi connectivity index (χ3v) is 4.11. The molecule has 0 radical (unpaired) electrons. The molecule has 0 aliphatic carbocycles. The molecule has 0 aliphatic heterocycles. The van der Waals surface area contributed by atoms with E-state index in [-0.39, 0.29) is 5.38 Å². The molecule has 102 valence electrons. The molecule has 1 aromatic heterocycles. The topological polar surface area (TPSA) is 13.1 Å². The second-order valence-electron chi connectivity index (χ2n) is 5.28. The lowest BCUT2D eigenvalue weighted by molar-refractivity contribution is 0.540. The van der Waals surface area contributed by atoms with Gasteiger partial charge in [-0.05, 0) is 49.1 Å². The zero-order valence-electron chi connectivity index (χ0n) is 11.7. The van der Waals surface area contributed by atoms with E-state index in [1.165, 1.54) is 16.7 Å². The van der Waals surface area contributed by atoms with Crippen LogP contribution < -0.4 is 0 Å². The van der Waals surface area contributed by atoms with Gasteiger partial charge in [0.15, 0.2) is 0 Å². The van der Waals surface area contributed by atoms with Crippen LogP contribution in [0.5, 0.6) is 0 Å². The summed E-state index contributed by atoms with van der Waals surface area (Å²) in [5.74, 6) is 0.839. The molecule has 1 atom stereocenters. The van der Waals surface area contributed by atoms with Crippen molar-refractivity contribution in [2.24, 2.45) is 0 Å². The molecule has 2 heteroatoms. The monoisotopic (exact) mass is 284 g/mol. The number of aryl methyl sites for hydroxylation is 2. The highest BCUT2D eigenvalue weighted by atomic mass is 35.5. The summed E-state index contributed by atoms with van der Waals surface area (Å²) < 4.78 is 5.82. The average Bonchev–Trinajstić information content (AvgIpc) is 2.87. The molecule has 2 aromatic carbocycles. The first kappa shape index (κ1) is 13.3. The number of para-hydroxylation sites is 1. The standard InChI is InChI=1S/C18H17ClO/c1-12-7-8-14(9-13(12)2)10-16(19)18-11-15-5-3-4-6-17(15)20-18/h3-9,11,16H,10H2,1-2H3. The molecule has 3 rings (SSSR count). The molecule has 0 spiro atoms. The molecule has 0 amide bonds. The number of halogens is 1. The summed E-state index contributed by atoms with van der Waals surface area (Å²) in [6, 6.07) is 16.5. The van der Waals surface area contributed by atoms with Gasteiger partial charge >= 0.3 is 0 Å². The molecule has 1 nitrogen and oxygen atoms in total. The van der Waals surface area contributed by atoms with Crippen LogP contribution in [-0.2, 0) is 6.42 Å². The molecule has 3 aromatic rings. The molecule has 0 bridgehead atoms. The number of hydrogen-bond donors (Lipinski definition) is 0. The van der Waals surface area contributed by atoms with Crippen molar-refractivity contribution in [3.8, 4) is 0 Å². The summed E-state index contributed by atoms with van der Waals surface area (Å²) in [6.45, 7) is 4.25. The van der Waals surface area contributed by atoms with Crippen molar-refractivity contribution in [1.29, 1.82) is 0 Å². The van der Waals surface area contributed by atoms with Gasteiger partial charge in [-0.2, -0.15) is 0 Å². The fourth-order valence-corrected chi connectivity index (χ4v) is 2.68. The fraction of sp³-hybridized carbons (Fsp3) is 0.222. The van der Waals surface area contributed by atoms with Gasteiger partial charge in [0, 0.05) is 5.39 Å². The van der Waals surface area contributed by atoms with Gasteiger partial charge in [0.05, 0.1) is 5.38 Å². The van der Waals surface area contributed by atoms with E-state index in [2.05, 4.69) is 32.0 Å². The van der Waals surface area contributed by atoms with E-state index in [1.807, 2.05) is 30.3 Å². The third kappa shape index (κ3) is 2.59. The molecule has 1 heterocycles. The Morgan fingerprint density at radius 1 is 1.00 bits per heavy atom. The van der Waals surface area contributed by atoms with Gasteiger partial charge in [-0.1, -0.05) is 36.4 Å².